The van der Waals surface area contributed by atoms with Gasteiger partial charge in [0.1, 0.15) is 13.2 Å². The molecule has 3 aliphatic carbocycles. The summed E-state index contributed by atoms with van der Waals surface area (Å²) in [6.45, 7) is 0.0427. The summed E-state index contributed by atoms with van der Waals surface area (Å²) >= 11 is 0. The number of ether oxygens (including phenoxy) is 3. The van der Waals surface area contributed by atoms with Gasteiger partial charge in [0.05, 0.1) is 12.2 Å². The maximum atomic E-state index is 12.2. The third kappa shape index (κ3) is 6.13. The Kier molecular flexibility index (Phi) is 6.90. The zero-order chi connectivity index (χ0) is 22.7. The van der Waals surface area contributed by atoms with E-state index in [-0.39, 0.29) is 62.0 Å². The SMILES string of the molecule is O=C(CO[C@H]1C[C@@H](OC(F)(F)F)C1)N[C@@H]1C[C@@H]2C[C@H]1C[C@H]2NC(=O)OCc1ccccc1. The minimum atomic E-state index is -4.64. The van der Waals surface area contributed by atoms with E-state index < -0.39 is 18.6 Å². The zero-order valence-electron chi connectivity index (χ0n) is 17.5. The molecule has 0 aromatic heterocycles. The van der Waals surface area contributed by atoms with Crippen LogP contribution in [0.25, 0.3) is 0 Å². The van der Waals surface area contributed by atoms with Crippen molar-refractivity contribution in [3.8, 4) is 0 Å². The minimum absolute atomic E-state index is 0.0252. The fourth-order valence-corrected chi connectivity index (χ4v) is 4.93. The molecule has 32 heavy (non-hydrogen) atoms. The summed E-state index contributed by atoms with van der Waals surface area (Å²) in [6.07, 6.45) is -3.62. The maximum Gasteiger partial charge on any atom is 0.522 e. The lowest BCUT2D eigenvalue weighted by atomic mass is 9.91. The molecule has 1 aromatic rings. The van der Waals surface area contributed by atoms with Crippen molar-refractivity contribution in [1.82, 2.24) is 10.6 Å². The molecule has 0 aliphatic heterocycles. The van der Waals surface area contributed by atoms with Crippen molar-refractivity contribution in [2.24, 2.45) is 11.8 Å². The molecule has 3 saturated carbocycles. The van der Waals surface area contributed by atoms with Crippen LogP contribution < -0.4 is 10.6 Å². The highest BCUT2D eigenvalue weighted by atomic mass is 19.4. The highest BCUT2D eigenvalue weighted by Crippen LogP contribution is 2.44. The molecule has 1 aromatic carbocycles. The monoisotopic (exact) mass is 456 g/mol. The molecule has 0 saturated heterocycles. The van der Waals surface area contributed by atoms with Gasteiger partial charge >= 0.3 is 12.5 Å². The van der Waals surface area contributed by atoms with E-state index in [4.69, 9.17) is 9.47 Å². The van der Waals surface area contributed by atoms with Crippen molar-refractivity contribution < 1.29 is 37.0 Å². The Morgan fingerprint density at radius 2 is 1.56 bits per heavy atom. The third-order valence-corrected chi connectivity index (χ3v) is 6.52. The number of nitrogens with one attached hydrogen (secondary N) is 2. The van der Waals surface area contributed by atoms with Crippen LogP contribution in [0.4, 0.5) is 18.0 Å². The fraction of sp³-hybridized carbons (Fsp3) is 0.636. The molecule has 0 spiro atoms. The predicted molar refractivity (Wildman–Crippen MR) is 106 cm³/mol. The van der Waals surface area contributed by atoms with E-state index in [1.165, 1.54) is 0 Å². The molecule has 10 heteroatoms. The molecule has 3 aliphatic rings. The summed E-state index contributed by atoms with van der Waals surface area (Å²) in [5.41, 5.74) is 0.922. The van der Waals surface area contributed by atoms with E-state index in [2.05, 4.69) is 15.4 Å². The molecule has 0 heterocycles. The van der Waals surface area contributed by atoms with Crippen LogP contribution in [0.1, 0.15) is 37.7 Å². The van der Waals surface area contributed by atoms with E-state index in [1.807, 2.05) is 30.3 Å². The van der Waals surface area contributed by atoms with Crippen LogP contribution >= 0.6 is 0 Å². The van der Waals surface area contributed by atoms with Crippen molar-refractivity contribution in [2.45, 2.75) is 69.4 Å². The second-order valence-electron chi connectivity index (χ2n) is 8.80. The molecule has 7 nitrogen and oxygen atoms in total. The number of rotatable bonds is 8. The molecule has 2 N–H and O–H groups in total. The Labute approximate surface area is 184 Å². The first-order valence-electron chi connectivity index (χ1n) is 10.9. The number of fused-ring (bicyclic) bond motifs is 2. The number of carbonyl (C=O) groups excluding carboxylic acids is 2. The molecular weight excluding hydrogens is 429 g/mol. The van der Waals surface area contributed by atoms with Gasteiger partial charge in [-0.2, -0.15) is 0 Å². The van der Waals surface area contributed by atoms with Crippen molar-refractivity contribution in [2.75, 3.05) is 6.61 Å². The van der Waals surface area contributed by atoms with E-state index in [0.29, 0.717) is 0 Å². The highest BCUT2D eigenvalue weighted by molar-refractivity contribution is 5.77. The van der Waals surface area contributed by atoms with Crippen LogP contribution in [0.2, 0.25) is 0 Å². The molecular formula is C22H27F3N2O5. The smallest absolute Gasteiger partial charge is 0.445 e. The van der Waals surface area contributed by atoms with Gasteiger partial charge in [0.25, 0.3) is 0 Å². The normalized spacial score (nSPS) is 31.1. The van der Waals surface area contributed by atoms with Crippen LogP contribution in [0.15, 0.2) is 30.3 Å². The Balaban J connectivity index is 1.10. The predicted octanol–water partition coefficient (Wildman–Crippen LogP) is 3.28. The van der Waals surface area contributed by atoms with E-state index in [9.17, 15) is 22.8 Å². The number of alkyl carbamates (subject to hydrolysis) is 1. The zero-order valence-corrected chi connectivity index (χ0v) is 17.5. The molecule has 0 radical (unpaired) electrons. The van der Waals surface area contributed by atoms with Crippen molar-refractivity contribution in [1.29, 1.82) is 0 Å². The quantitative estimate of drug-likeness (QED) is 0.627. The fourth-order valence-electron chi connectivity index (χ4n) is 4.93. The van der Waals surface area contributed by atoms with Crippen LogP contribution in [-0.4, -0.2) is 49.3 Å². The summed E-state index contributed by atoms with van der Waals surface area (Å²) in [4.78, 5) is 24.3. The van der Waals surface area contributed by atoms with Crippen molar-refractivity contribution in [3.05, 3.63) is 35.9 Å². The summed E-state index contributed by atoms with van der Waals surface area (Å²) in [5.74, 6) is 0.286. The van der Waals surface area contributed by atoms with Gasteiger partial charge in [-0.25, -0.2) is 4.79 Å². The average Bonchev–Trinajstić information content (AvgIpc) is 3.28. The largest absolute Gasteiger partial charge is 0.522 e. The van der Waals surface area contributed by atoms with Crippen LogP contribution in [0.3, 0.4) is 0 Å². The van der Waals surface area contributed by atoms with Crippen LogP contribution in [0.5, 0.6) is 0 Å². The maximum absolute atomic E-state index is 12.2. The Morgan fingerprint density at radius 1 is 0.906 bits per heavy atom. The van der Waals surface area contributed by atoms with E-state index in [1.54, 1.807) is 0 Å². The number of hydrogen-bond acceptors (Lipinski definition) is 5. The number of alkyl halides is 3. The van der Waals surface area contributed by atoms with Crippen LogP contribution in [-0.2, 0) is 25.6 Å². The van der Waals surface area contributed by atoms with E-state index in [0.717, 1.165) is 24.8 Å². The lowest BCUT2D eigenvalue weighted by Gasteiger charge is -2.35. The number of carbonyl (C=O) groups is 2. The Morgan fingerprint density at radius 3 is 2.19 bits per heavy atom. The van der Waals surface area contributed by atoms with Gasteiger partial charge in [-0.15, -0.1) is 13.2 Å². The minimum Gasteiger partial charge on any atom is -0.445 e. The Bertz CT molecular complexity index is 801. The average molecular weight is 456 g/mol. The van der Waals surface area contributed by atoms with Crippen molar-refractivity contribution >= 4 is 12.0 Å². The summed E-state index contributed by atoms with van der Waals surface area (Å²) in [7, 11) is 0. The van der Waals surface area contributed by atoms with Crippen LogP contribution in [0, 0.1) is 11.8 Å². The lowest BCUT2D eigenvalue weighted by molar-refractivity contribution is -0.357. The van der Waals surface area contributed by atoms with Gasteiger partial charge in [-0.1, -0.05) is 30.3 Å². The summed E-state index contributed by atoms with van der Waals surface area (Å²) < 4.78 is 50.9. The standard InChI is InChI=1S/C22H27F3N2O5/c23-22(24,25)32-17-9-16(10-17)30-12-20(28)26-18-7-15-6-14(18)8-19(15)27-21(29)31-11-13-4-2-1-3-5-13/h1-5,14-19H,6-12H2,(H,26,28)(H,27,29)/t14-,15-,16-,17+,18+,19+/m0/s1. The first kappa shape index (κ1) is 22.8. The molecule has 3 fully saturated rings. The number of benzene rings is 1. The number of amides is 2. The molecule has 2 amide bonds. The molecule has 0 unspecified atom stereocenters. The van der Waals surface area contributed by atoms with E-state index >= 15 is 0 Å². The van der Waals surface area contributed by atoms with Gasteiger partial charge in [0.2, 0.25) is 5.91 Å². The number of halogens is 3. The lowest BCUT2D eigenvalue weighted by Crippen LogP contribution is -2.47. The third-order valence-electron chi connectivity index (χ3n) is 6.52. The second-order valence-corrected chi connectivity index (χ2v) is 8.80. The first-order valence-corrected chi connectivity index (χ1v) is 10.9. The molecule has 4 rings (SSSR count). The van der Waals surface area contributed by atoms with Crippen molar-refractivity contribution in [3.63, 3.8) is 0 Å². The Hall–Kier alpha value is -2.33. The molecule has 4 atom stereocenters. The van der Waals surface area contributed by atoms with Gasteiger partial charge in [-0.3, -0.25) is 9.53 Å². The van der Waals surface area contributed by atoms with Gasteiger partial charge < -0.3 is 20.1 Å². The molecule has 2 bridgehead atoms. The molecule has 176 valence electrons. The topological polar surface area (TPSA) is 85.9 Å². The van der Waals surface area contributed by atoms with Gasteiger partial charge in [0.15, 0.2) is 0 Å². The highest BCUT2D eigenvalue weighted by Gasteiger charge is 2.47. The summed E-state index contributed by atoms with van der Waals surface area (Å²) in [6, 6.07) is 9.51. The second kappa shape index (κ2) is 9.66. The first-order chi connectivity index (χ1) is 15.2. The number of hydrogen-bond donors (Lipinski definition) is 2. The van der Waals surface area contributed by atoms with Gasteiger partial charge in [-0.05, 0) is 36.7 Å². The summed E-state index contributed by atoms with van der Waals surface area (Å²) in [5, 5.41) is 5.90. The van der Waals surface area contributed by atoms with Gasteiger partial charge in [0, 0.05) is 24.9 Å².